The first-order valence-corrected chi connectivity index (χ1v) is 11.3. The molecule has 0 amide bonds. The SMILES string of the molecule is O=c1[nH]c2cc3c(cc2cc1[C@H](c1nnnn1C1CCCC1)N1CCOCC1)OCCO3. The fraction of sp³-hybridized carbons (Fsp3) is 0.545. The Bertz CT molecular complexity index is 1180. The molecule has 2 fully saturated rings. The predicted octanol–water partition coefficient (Wildman–Crippen LogP) is 1.82. The van der Waals surface area contributed by atoms with E-state index in [1.807, 2.05) is 22.9 Å². The van der Waals surface area contributed by atoms with Gasteiger partial charge in [0.2, 0.25) is 0 Å². The van der Waals surface area contributed by atoms with Crippen molar-refractivity contribution in [2.75, 3.05) is 39.5 Å². The summed E-state index contributed by atoms with van der Waals surface area (Å²) in [7, 11) is 0. The lowest BCUT2D eigenvalue weighted by Gasteiger charge is -2.34. The molecule has 168 valence electrons. The monoisotopic (exact) mass is 438 g/mol. The van der Waals surface area contributed by atoms with Crippen LogP contribution >= 0.6 is 0 Å². The highest BCUT2D eigenvalue weighted by Crippen LogP contribution is 2.36. The van der Waals surface area contributed by atoms with Crippen molar-refractivity contribution in [3.8, 4) is 11.5 Å². The van der Waals surface area contributed by atoms with Crippen molar-refractivity contribution in [2.24, 2.45) is 0 Å². The average Bonchev–Trinajstić information content (AvgIpc) is 3.51. The van der Waals surface area contributed by atoms with E-state index in [0.717, 1.165) is 29.6 Å². The Kier molecular flexibility index (Phi) is 5.03. The molecule has 3 aromatic rings. The summed E-state index contributed by atoms with van der Waals surface area (Å²) in [5, 5.41) is 13.7. The number of ether oxygens (including phenoxy) is 3. The van der Waals surface area contributed by atoms with Crippen molar-refractivity contribution in [3.63, 3.8) is 0 Å². The predicted molar refractivity (Wildman–Crippen MR) is 115 cm³/mol. The third-order valence-corrected chi connectivity index (χ3v) is 6.67. The molecule has 2 aliphatic heterocycles. The van der Waals surface area contributed by atoms with Crippen LogP contribution in [-0.4, -0.2) is 69.6 Å². The van der Waals surface area contributed by atoms with Crippen LogP contribution in [0.4, 0.5) is 0 Å². The summed E-state index contributed by atoms with van der Waals surface area (Å²) in [6.45, 7) is 3.67. The van der Waals surface area contributed by atoms with E-state index in [1.54, 1.807) is 0 Å². The normalized spacial score (nSPS) is 20.6. The Morgan fingerprint density at radius 3 is 2.53 bits per heavy atom. The topological polar surface area (TPSA) is 107 Å². The van der Waals surface area contributed by atoms with Crippen LogP contribution in [0.2, 0.25) is 0 Å². The number of rotatable bonds is 4. The van der Waals surface area contributed by atoms with Gasteiger partial charge >= 0.3 is 0 Å². The molecule has 10 heteroatoms. The number of nitrogens with zero attached hydrogens (tertiary/aromatic N) is 5. The molecular weight excluding hydrogens is 412 g/mol. The van der Waals surface area contributed by atoms with Crippen LogP contribution in [0.1, 0.15) is 49.2 Å². The van der Waals surface area contributed by atoms with Gasteiger partial charge in [0, 0.05) is 30.1 Å². The van der Waals surface area contributed by atoms with E-state index in [9.17, 15) is 4.79 Å². The van der Waals surface area contributed by atoms with Crippen molar-refractivity contribution in [3.05, 3.63) is 39.9 Å². The Balaban J connectivity index is 1.49. The minimum absolute atomic E-state index is 0.147. The smallest absolute Gasteiger partial charge is 0.253 e. The summed E-state index contributed by atoms with van der Waals surface area (Å²) in [4.78, 5) is 18.6. The number of fused-ring (bicyclic) bond motifs is 2. The van der Waals surface area contributed by atoms with E-state index in [2.05, 4.69) is 25.4 Å². The standard InChI is InChI=1S/C22H26N6O4/c29-22-16(11-14-12-18-19(13-17(14)23-22)32-10-9-31-18)20(27-5-7-30-8-6-27)21-24-25-26-28(21)15-3-1-2-4-15/h11-13,15,20H,1-10H2,(H,23,29)/t20-/m1/s1. The summed E-state index contributed by atoms with van der Waals surface area (Å²) in [5.41, 5.74) is 1.20. The summed E-state index contributed by atoms with van der Waals surface area (Å²) in [6, 6.07) is 5.64. The number of benzene rings is 1. The number of hydrogen-bond acceptors (Lipinski definition) is 8. The maximum atomic E-state index is 13.3. The number of aromatic nitrogens is 5. The number of H-pyrrole nitrogens is 1. The van der Waals surface area contributed by atoms with Gasteiger partial charge < -0.3 is 19.2 Å². The van der Waals surface area contributed by atoms with Crippen molar-refractivity contribution < 1.29 is 14.2 Å². The van der Waals surface area contributed by atoms with Gasteiger partial charge in [0.1, 0.15) is 19.3 Å². The van der Waals surface area contributed by atoms with Crippen LogP contribution in [-0.2, 0) is 4.74 Å². The molecule has 1 aromatic carbocycles. The summed E-state index contributed by atoms with van der Waals surface area (Å²) in [6.07, 6.45) is 4.47. The highest BCUT2D eigenvalue weighted by atomic mass is 16.6. The second-order valence-electron chi connectivity index (χ2n) is 8.61. The van der Waals surface area contributed by atoms with Crippen molar-refractivity contribution in [1.29, 1.82) is 0 Å². The number of nitrogens with one attached hydrogen (secondary N) is 1. The van der Waals surface area contributed by atoms with Gasteiger partial charge in [-0.1, -0.05) is 12.8 Å². The summed E-state index contributed by atoms with van der Waals surface area (Å²) >= 11 is 0. The molecule has 4 heterocycles. The first kappa shape index (κ1) is 19.7. The van der Waals surface area contributed by atoms with Crippen LogP contribution in [0.5, 0.6) is 11.5 Å². The lowest BCUT2D eigenvalue weighted by Crippen LogP contribution is -2.42. The molecule has 0 spiro atoms. The highest BCUT2D eigenvalue weighted by molar-refractivity contribution is 5.83. The summed E-state index contributed by atoms with van der Waals surface area (Å²) in [5.74, 6) is 2.07. The van der Waals surface area contributed by atoms with Crippen molar-refractivity contribution in [2.45, 2.75) is 37.8 Å². The average molecular weight is 438 g/mol. The molecule has 1 saturated heterocycles. The Labute approximate surface area is 184 Å². The van der Waals surface area contributed by atoms with Gasteiger partial charge in [-0.25, -0.2) is 4.68 Å². The fourth-order valence-corrected chi connectivity index (χ4v) is 5.09. The van der Waals surface area contributed by atoms with Gasteiger partial charge in [0.25, 0.3) is 5.56 Å². The van der Waals surface area contributed by atoms with Gasteiger partial charge in [-0.3, -0.25) is 9.69 Å². The minimum atomic E-state index is -0.351. The fourth-order valence-electron chi connectivity index (χ4n) is 5.09. The third kappa shape index (κ3) is 3.43. The van der Waals surface area contributed by atoms with Crippen LogP contribution < -0.4 is 15.0 Å². The van der Waals surface area contributed by atoms with Crippen LogP contribution in [0.15, 0.2) is 23.0 Å². The number of aromatic amines is 1. The summed E-state index contributed by atoms with van der Waals surface area (Å²) < 4.78 is 19.0. The van der Waals surface area contributed by atoms with Crippen molar-refractivity contribution in [1.82, 2.24) is 30.1 Å². The van der Waals surface area contributed by atoms with E-state index in [0.29, 0.717) is 56.6 Å². The van der Waals surface area contributed by atoms with Gasteiger partial charge in [-0.15, -0.1) is 5.10 Å². The molecule has 0 unspecified atom stereocenters. The molecule has 2 aromatic heterocycles. The zero-order chi connectivity index (χ0) is 21.5. The Hall–Kier alpha value is -2.98. The van der Waals surface area contributed by atoms with E-state index in [-0.39, 0.29) is 17.6 Å². The molecule has 0 bridgehead atoms. The van der Waals surface area contributed by atoms with E-state index in [1.165, 1.54) is 12.8 Å². The number of hydrogen-bond donors (Lipinski definition) is 1. The number of pyridine rings is 1. The molecule has 0 radical (unpaired) electrons. The molecular formula is C22H26N6O4. The molecule has 32 heavy (non-hydrogen) atoms. The van der Waals surface area contributed by atoms with Crippen LogP contribution in [0.25, 0.3) is 10.9 Å². The third-order valence-electron chi connectivity index (χ3n) is 6.67. The van der Waals surface area contributed by atoms with Crippen LogP contribution in [0.3, 0.4) is 0 Å². The number of tetrazole rings is 1. The Morgan fingerprint density at radius 2 is 1.75 bits per heavy atom. The first-order chi connectivity index (χ1) is 15.8. The first-order valence-electron chi connectivity index (χ1n) is 11.3. The zero-order valence-electron chi connectivity index (χ0n) is 17.8. The zero-order valence-corrected chi connectivity index (χ0v) is 17.8. The molecule has 3 aliphatic rings. The molecule has 1 N–H and O–H groups in total. The van der Waals surface area contributed by atoms with Crippen LogP contribution in [0, 0.1) is 0 Å². The number of morpholine rings is 1. The largest absolute Gasteiger partial charge is 0.486 e. The van der Waals surface area contributed by atoms with E-state index < -0.39 is 0 Å². The van der Waals surface area contributed by atoms with Gasteiger partial charge in [0.05, 0.1) is 24.8 Å². The van der Waals surface area contributed by atoms with E-state index in [4.69, 9.17) is 14.2 Å². The quantitative estimate of drug-likeness (QED) is 0.657. The van der Waals surface area contributed by atoms with Gasteiger partial charge in [-0.05, 0) is 35.4 Å². The molecule has 1 atom stereocenters. The highest BCUT2D eigenvalue weighted by Gasteiger charge is 2.34. The second-order valence-corrected chi connectivity index (χ2v) is 8.61. The molecule has 1 saturated carbocycles. The van der Waals surface area contributed by atoms with Gasteiger partial charge in [-0.2, -0.15) is 0 Å². The Morgan fingerprint density at radius 1 is 1.00 bits per heavy atom. The second kappa shape index (κ2) is 8.18. The molecule has 1 aliphatic carbocycles. The van der Waals surface area contributed by atoms with Gasteiger partial charge in [0.15, 0.2) is 17.3 Å². The lowest BCUT2D eigenvalue weighted by atomic mass is 10.0. The minimum Gasteiger partial charge on any atom is -0.486 e. The lowest BCUT2D eigenvalue weighted by molar-refractivity contribution is 0.0211. The molecule has 10 nitrogen and oxygen atoms in total. The van der Waals surface area contributed by atoms with E-state index >= 15 is 0 Å². The maximum Gasteiger partial charge on any atom is 0.253 e. The van der Waals surface area contributed by atoms with Crippen molar-refractivity contribution >= 4 is 10.9 Å². The maximum absolute atomic E-state index is 13.3. The molecule has 6 rings (SSSR count).